The van der Waals surface area contributed by atoms with Crippen LogP contribution in [0.25, 0.3) is 5.76 Å². The van der Waals surface area contributed by atoms with Gasteiger partial charge in [0.25, 0.3) is 11.7 Å². The van der Waals surface area contributed by atoms with Gasteiger partial charge in [-0.25, -0.2) is 0 Å². The molecule has 2 aromatic rings. The van der Waals surface area contributed by atoms with E-state index < -0.39 is 17.7 Å². The van der Waals surface area contributed by atoms with Crippen LogP contribution >= 0.6 is 0 Å². The highest BCUT2D eigenvalue weighted by Crippen LogP contribution is 2.42. The summed E-state index contributed by atoms with van der Waals surface area (Å²) in [4.78, 5) is 29.1. The summed E-state index contributed by atoms with van der Waals surface area (Å²) in [5.41, 5.74) is 1.91. The number of hydrogen-bond donors (Lipinski definition) is 2. The Morgan fingerprint density at radius 1 is 1.00 bits per heavy atom. The first-order valence-corrected chi connectivity index (χ1v) is 11.2. The molecule has 1 saturated heterocycles. The van der Waals surface area contributed by atoms with Crippen LogP contribution in [-0.2, 0) is 9.59 Å². The van der Waals surface area contributed by atoms with Gasteiger partial charge in [-0.3, -0.25) is 9.59 Å². The molecule has 0 spiro atoms. The highest BCUT2D eigenvalue weighted by atomic mass is 16.5. The SMILES string of the molecule is COc1ccc(C(O)=C2C(=O)C(=O)N(CCC[NH+](C)C)C2c2ccc(OC)c(OC)c2)c(C)c1. The maximum atomic E-state index is 13.2. The first-order valence-electron chi connectivity index (χ1n) is 11.2. The number of likely N-dealkylation sites (tertiary alicyclic amines) is 1. The number of amides is 1. The number of aryl methyl sites for hydroxylation is 1. The predicted molar refractivity (Wildman–Crippen MR) is 129 cm³/mol. The Morgan fingerprint density at radius 3 is 2.29 bits per heavy atom. The number of ketones is 1. The number of methoxy groups -OCH3 is 3. The van der Waals surface area contributed by atoms with Crippen molar-refractivity contribution in [3.05, 3.63) is 58.7 Å². The Kier molecular flexibility index (Phi) is 7.83. The molecule has 3 rings (SSSR count). The number of nitrogens with zero attached hydrogens (tertiary/aromatic N) is 1. The number of quaternary nitrogens is 1. The van der Waals surface area contributed by atoms with E-state index in [0.717, 1.165) is 12.1 Å². The van der Waals surface area contributed by atoms with Gasteiger partial charge < -0.3 is 29.1 Å². The highest BCUT2D eigenvalue weighted by molar-refractivity contribution is 6.46. The number of nitrogens with one attached hydrogen (secondary N) is 1. The lowest BCUT2D eigenvalue weighted by atomic mass is 9.93. The predicted octanol–water partition coefficient (Wildman–Crippen LogP) is 1.98. The zero-order chi connectivity index (χ0) is 25.0. The molecule has 0 radical (unpaired) electrons. The van der Waals surface area contributed by atoms with E-state index >= 15 is 0 Å². The number of Topliss-reactive ketones (excluding diaryl/α,β-unsaturated/α-hetero) is 1. The van der Waals surface area contributed by atoms with Crippen LogP contribution in [0.15, 0.2) is 42.0 Å². The molecule has 1 aliphatic rings. The van der Waals surface area contributed by atoms with Crippen LogP contribution in [0.1, 0.15) is 29.2 Å². The molecule has 2 aromatic carbocycles. The Balaban J connectivity index is 2.17. The normalized spacial score (nSPS) is 17.4. The summed E-state index contributed by atoms with van der Waals surface area (Å²) in [5.74, 6) is 0.108. The molecule has 8 nitrogen and oxygen atoms in total. The van der Waals surface area contributed by atoms with Gasteiger partial charge in [0.1, 0.15) is 11.5 Å². The number of carbonyl (C=O) groups excluding carboxylic acids is 2. The highest BCUT2D eigenvalue weighted by Gasteiger charge is 2.46. The lowest BCUT2D eigenvalue weighted by molar-refractivity contribution is -0.858. The van der Waals surface area contributed by atoms with Crippen LogP contribution in [0.5, 0.6) is 17.2 Å². The van der Waals surface area contributed by atoms with Crippen LogP contribution in [0.4, 0.5) is 0 Å². The lowest BCUT2D eigenvalue weighted by Gasteiger charge is -2.26. The number of hydrogen-bond acceptors (Lipinski definition) is 6. The third kappa shape index (κ3) is 4.87. The smallest absolute Gasteiger partial charge is 0.295 e. The van der Waals surface area contributed by atoms with Crippen molar-refractivity contribution in [3.63, 3.8) is 0 Å². The molecule has 1 heterocycles. The fourth-order valence-corrected chi connectivity index (χ4v) is 4.26. The van der Waals surface area contributed by atoms with E-state index in [2.05, 4.69) is 0 Å². The van der Waals surface area contributed by atoms with Crippen molar-refractivity contribution < 1.29 is 33.8 Å². The van der Waals surface area contributed by atoms with Crippen molar-refractivity contribution >= 4 is 17.4 Å². The van der Waals surface area contributed by atoms with Crippen LogP contribution in [0, 0.1) is 6.92 Å². The van der Waals surface area contributed by atoms with Crippen molar-refractivity contribution in [2.45, 2.75) is 19.4 Å². The van der Waals surface area contributed by atoms with Gasteiger partial charge in [-0.05, 0) is 48.4 Å². The molecule has 0 aromatic heterocycles. The molecule has 0 bridgehead atoms. The molecule has 0 aliphatic carbocycles. The molecule has 34 heavy (non-hydrogen) atoms. The summed E-state index contributed by atoms with van der Waals surface area (Å²) in [7, 11) is 8.70. The van der Waals surface area contributed by atoms with E-state index in [4.69, 9.17) is 14.2 Å². The van der Waals surface area contributed by atoms with E-state index in [1.807, 2.05) is 21.0 Å². The summed E-state index contributed by atoms with van der Waals surface area (Å²) in [6.45, 7) is 3.03. The molecule has 1 unspecified atom stereocenters. The number of aliphatic hydroxyl groups is 1. The Labute approximate surface area is 200 Å². The van der Waals surface area contributed by atoms with Crippen LogP contribution in [0.2, 0.25) is 0 Å². The first kappa shape index (κ1) is 25.1. The second-order valence-electron chi connectivity index (χ2n) is 8.60. The molecule has 1 aliphatic heterocycles. The molecule has 1 fully saturated rings. The quantitative estimate of drug-likeness (QED) is 0.332. The molecule has 1 atom stereocenters. The fourth-order valence-electron chi connectivity index (χ4n) is 4.26. The van der Waals surface area contributed by atoms with E-state index in [1.54, 1.807) is 50.6 Å². The fraction of sp³-hybridized carbons (Fsp3) is 0.385. The zero-order valence-corrected chi connectivity index (χ0v) is 20.6. The average Bonchev–Trinajstić information content (AvgIpc) is 3.07. The number of benzene rings is 2. The van der Waals surface area contributed by atoms with Gasteiger partial charge in [0.05, 0.1) is 53.6 Å². The Hall–Kier alpha value is -3.52. The molecule has 8 heteroatoms. The summed E-state index contributed by atoms with van der Waals surface area (Å²) in [6, 6.07) is 9.69. The van der Waals surface area contributed by atoms with Crippen LogP contribution in [-0.4, -0.2) is 70.2 Å². The van der Waals surface area contributed by atoms with E-state index in [1.165, 1.54) is 16.9 Å². The van der Waals surface area contributed by atoms with Gasteiger partial charge in [-0.15, -0.1) is 0 Å². The largest absolute Gasteiger partial charge is 0.507 e. The van der Waals surface area contributed by atoms with Gasteiger partial charge in [0.15, 0.2) is 11.5 Å². The van der Waals surface area contributed by atoms with E-state index in [-0.39, 0.29) is 11.3 Å². The van der Waals surface area contributed by atoms with Crippen molar-refractivity contribution in [3.8, 4) is 17.2 Å². The molecule has 0 saturated carbocycles. The summed E-state index contributed by atoms with van der Waals surface area (Å²) < 4.78 is 16.1. The average molecular weight is 470 g/mol. The molecule has 1 amide bonds. The molecule has 182 valence electrons. The van der Waals surface area contributed by atoms with Gasteiger partial charge in [0.2, 0.25) is 0 Å². The minimum atomic E-state index is -0.751. The second-order valence-corrected chi connectivity index (χ2v) is 8.60. The first-order chi connectivity index (χ1) is 16.2. The lowest BCUT2D eigenvalue weighted by Crippen LogP contribution is -3.05. The van der Waals surface area contributed by atoms with Gasteiger partial charge in [-0.2, -0.15) is 0 Å². The van der Waals surface area contributed by atoms with E-state index in [0.29, 0.717) is 41.3 Å². The van der Waals surface area contributed by atoms with Crippen LogP contribution < -0.4 is 19.1 Å². The Bertz CT molecular complexity index is 1110. The van der Waals surface area contributed by atoms with Gasteiger partial charge in [0, 0.05) is 18.5 Å². The number of rotatable bonds is 9. The Morgan fingerprint density at radius 2 is 1.71 bits per heavy atom. The van der Waals surface area contributed by atoms with Gasteiger partial charge >= 0.3 is 0 Å². The van der Waals surface area contributed by atoms with Gasteiger partial charge in [-0.1, -0.05) is 6.07 Å². The van der Waals surface area contributed by atoms with Crippen molar-refractivity contribution in [2.75, 3.05) is 48.5 Å². The number of ether oxygens (including phenoxy) is 3. The standard InChI is InChI=1S/C26H32N2O6/c1-16-14-18(32-4)9-10-19(16)24(29)22-23(17-8-11-20(33-5)21(15-17)34-6)28(26(31)25(22)30)13-7-12-27(2)3/h8-11,14-15,23,29H,7,12-13H2,1-6H3/p+1. The summed E-state index contributed by atoms with van der Waals surface area (Å²) >= 11 is 0. The monoisotopic (exact) mass is 469 g/mol. The minimum absolute atomic E-state index is 0.0580. The van der Waals surface area contributed by atoms with Crippen LogP contribution in [0.3, 0.4) is 0 Å². The third-order valence-electron chi connectivity index (χ3n) is 6.03. The maximum absolute atomic E-state index is 13.2. The molecular weight excluding hydrogens is 436 g/mol. The number of carbonyl (C=O) groups is 2. The molecule has 2 N–H and O–H groups in total. The van der Waals surface area contributed by atoms with E-state index in [9.17, 15) is 14.7 Å². The molecular formula is C26H33N2O6+. The minimum Gasteiger partial charge on any atom is -0.507 e. The zero-order valence-electron chi connectivity index (χ0n) is 20.6. The maximum Gasteiger partial charge on any atom is 0.295 e. The summed E-state index contributed by atoms with van der Waals surface area (Å²) in [5, 5.41) is 11.3. The topological polar surface area (TPSA) is 89.7 Å². The third-order valence-corrected chi connectivity index (χ3v) is 6.03. The summed E-state index contributed by atoms with van der Waals surface area (Å²) in [6.07, 6.45) is 0.709. The van der Waals surface area contributed by atoms with Crippen molar-refractivity contribution in [1.29, 1.82) is 0 Å². The van der Waals surface area contributed by atoms with Crippen molar-refractivity contribution in [2.24, 2.45) is 0 Å². The van der Waals surface area contributed by atoms with Crippen molar-refractivity contribution in [1.82, 2.24) is 4.90 Å². The number of aliphatic hydroxyl groups excluding tert-OH is 1. The second kappa shape index (κ2) is 10.6.